The van der Waals surface area contributed by atoms with Gasteiger partial charge < -0.3 is 4.74 Å². The largest absolute Gasteiger partial charge is 0.372 e. The van der Waals surface area contributed by atoms with E-state index in [1.54, 1.807) is 17.8 Å². The summed E-state index contributed by atoms with van der Waals surface area (Å²) >= 11 is 0. The Labute approximate surface area is 89.2 Å². The normalized spacial score (nSPS) is 21.6. The second-order valence-electron chi connectivity index (χ2n) is 3.98. The van der Waals surface area contributed by atoms with Crippen molar-refractivity contribution in [1.82, 2.24) is 9.78 Å². The molecule has 1 aliphatic rings. The van der Waals surface area contributed by atoms with Crippen molar-refractivity contribution >= 4 is 5.78 Å². The Morgan fingerprint density at radius 3 is 3.00 bits per heavy atom. The van der Waals surface area contributed by atoms with Crippen molar-refractivity contribution in [1.29, 1.82) is 0 Å². The van der Waals surface area contributed by atoms with E-state index in [1.807, 2.05) is 7.05 Å². The molecule has 0 radical (unpaired) electrons. The zero-order valence-electron chi connectivity index (χ0n) is 9.19. The van der Waals surface area contributed by atoms with E-state index in [0.29, 0.717) is 5.56 Å². The number of nitrogens with zero attached hydrogens (tertiary/aromatic N) is 2. The molecule has 0 saturated carbocycles. The van der Waals surface area contributed by atoms with Gasteiger partial charge in [-0.3, -0.25) is 9.48 Å². The lowest BCUT2D eigenvalue weighted by molar-refractivity contribution is 0.00957. The second kappa shape index (κ2) is 4.14. The molecule has 0 aromatic carbocycles. The topological polar surface area (TPSA) is 44.1 Å². The molecule has 0 N–H and O–H groups in total. The van der Waals surface area contributed by atoms with Gasteiger partial charge in [0.25, 0.3) is 0 Å². The van der Waals surface area contributed by atoms with Gasteiger partial charge in [0.1, 0.15) is 0 Å². The molecule has 0 spiro atoms. The highest BCUT2D eigenvalue weighted by molar-refractivity contribution is 5.95. The van der Waals surface area contributed by atoms with Crippen LogP contribution in [0.2, 0.25) is 0 Å². The number of ether oxygens (including phenoxy) is 1. The first-order valence-corrected chi connectivity index (χ1v) is 5.34. The number of hydrogen-bond donors (Lipinski definition) is 0. The molecule has 1 aliphatic heterocycles. The maximum Gasteiger partial charge on any atom is 0.163 e. The van der Waals surface area contributed by atoms with Crippen LogP contribution in [0.25, 0.3) is 0 Å². The number of aryl methyl sites for hydroxylation is 1. The van der Waals surface area contributed by atoms with Crippen LogP contribution in [0, 0.1) is 0 Å². The second-order valence-corrected chi connectivity index (χ2v) is 3.98. The zero-order valence-corrected chi connectivity index (χ0v) is 9.19. The van der Waals surface area contributed by atoms with Gasteiger partial charge in [-0.15, -0.1) is 0 Å². The molecule has 2 heterocycles. The first-order valence-electron chi connectivity index (χ1n) is 5.34. The van der Waals surface area contributed by atoms with Crippen LogP contribution in [0.3, 0.4) is 0 Å². The number of ketones is 1. The molecule has 1 saturated heterocycles. The van der Waals surface area contributed by atoms with E-state index >= 15 is 0 Å². The molecule has 15 heavy (non-hydrogen) atoms. The summed E-state index contributed by atoms with van der Waals surface area (Å²) in [6, 6.07) is 0. The smallest absolute Gasteiger partial charge is 0.163 e. The van der Waals surface area contributed by atoms with Gasteiger partial charge in [0, 0.05) is 13.7 Å². The van der Waals surface area contributed by atoms with Crippen molar-refractivity contribution in [3.8, 4) is 0 Å². The number of carbonyl (C=O) groups excluding carboxylic acids is 1. The van der Waals surface area contributed by atoms with Crippen LogP contribution in [-0.4, -0.2) is 22.2 Å². The molecule has 0 bridgehead atoms. The minimum atomic E-state index is 0.0464. The summed E-state index contributed by atoms with van der Waals surface area (Å²) in [4.78, 5) is 11.4. The molecule has 1 unspecified atom stereocenters. The summed E-state index contributed by atoms with van der Waals surface area (Å²) in [7, 11) is 1.86. The molecule has 0 aliphatic carbocycles. The summed E-state index contributed by atoms with van der Waals surface area (Å²) in [5.41, 5.74) is 1.63. The SMILES string of the molecule is CC(=O)c1cnn(C)c1C1CCCCO1. The third kappa shape index (κ3) is 1.95. The summed E-state index contributed by atoms with van der Waals surface area (Å²) < 4.78 is 7.44. The van der Waals surface area contributed by atoms with Crippen molar-refractivity contribution in [2.75, 3.05) is 6.61 Å². The highest BCUT2D eigenvalue weighted by Crippen LogP contribution is 2.29. The van der Waals surface area contributed by atoms with Crippen LogP contribution in [0.15, 0.2) is 6.20 Å². The zero-order chi connectivity index (χ0) is 10.8. The average molecular weight is 208 g/mol. The lowest BCUT2D eigenvalue weighted by Gasteiger charge is -2.23. The predicted octanol–water partition coefficient (Wildman–Crippen LogP) is 1.86. The quantitative estimate of drug-likeness (QED) is 0.697. The number of carbonyl (C=O) groups is 1. The molecule has 82 valence electrons. The van der Waals surface area contributed by atoms with Crippen LogP contribution >= 0.6 is 0 Å². The minimum absolute atomic E-state index is 0.0464. The fourth-order valence-corrected chi connectivity index (χ4v) is 2.06. The summed E-state index contributed by atoms with van der Waals surface area (Å²) in [5.74, 6) is 0.0623. The monoisotopic (exact) mass is 208 g/mol. The van der Waals surface area contributed by atoms with E-state index in [9.17, 15) is 4.79 Å². The maximum absolute atomic E-state index is 11.4. The van der Waals surface area contributed by atoms with E-state index < -0.39 is 0 Å². The fourth-order valence-electron chi connectivity index (χ4n) is 2.06. The van der Waals surface area contributed by atoms with Crippen LogP contribution in [0.1, 0.15) is 48.3 Å². The fraction of sp³-hybridized carbons (Fsp3) is 0.636. The molecule has 4 heteroatoms. The third-order valence-corrected chi connectivity index (χ3v) is 2.85. The average Bonchev–Trinajstić information content (AvgIpc) is 2.61. The summed E-state index contributed by atoms with van der Waals surface area (Å²) in [5, 5.41) is 4.13. The Morgan fingerprint density at radius 1 is 1.60 bits per heavy atom. The number of aromatic nitrogens is 2. The summed E-state index contributed by atoms with van der Waals surface area (Å²) in [6.07, 6.45) is 4.94. The first-order chi connectivity index (χ1) is 7.20. The molecule has 1 aromatic rings. The molecular weight excluding hydrogens is 192 g/mol. The van der Waals surface area contributed by atoms with Gasteiger partial charge in [0.2, 0.25) is 0 Å². The molecule has 1 atom stereocenters. The van der Waals surface area contributed by atoms with Crippen molar-refractivity contribution in [2.45, 2.75) is 32.3 Å². The van der Waals surface area contributed by atoms with Crippen LogP contribution in [0.4, 0.5) is 0 Å². The van der Waals surface area contributed by atoms with Gasteiger partial charge in [-0.25, -0.2) is 0 Å². The highest BCUT2D eigenvalue weighted by Gasteiger charge is 2.24. The minimum Gasteiger partial charge on any atom is -0.372 e. The van der Waals surface area contributed by atoms with Crippen molar-refractivity contribution in [2.24, 2.45) is 7.05 Å². The highest BCUT2D eigenvalue weighted by atomic mass is 16.5. The third-order valence-electron chi connectivity index (χ3n) is 2.85. The maximum atomic E-state index is 11.4. The Bertz CT molecular complexity index is 365. The summed E-state index contributed by atoms with van der Waals surface area (Å²) in [6.45, 7) is 2.36. The Morgan fingerprint density at radius 2 is 2.40 bits per heavy atom. The lowest BCUT2D eigenvalue weighted by Crippen LogP contribution is -2.17. The van der Waals surface area contributed by atoms with Crippen LogP contribution in [-0.2, 0) is 11.8 Å². The van der Waals surface area contributed by atoms with Crippen molar-refractivity contribution in [3.05, 3.63) is 17.5 Å². The lowest BCUT2D eigenvalue weighted by atomic mass is 10.0. The van der Waals surface area contributed by atoms with E-state index in [1.165, 1.54) is 0 Å². The van der Waals surface area contributed by atoms with E-state index in [-0.39, 0.29) is 11.9 Å². The molecule has 1 aromatic heterocycles. The molecule has 0 amide bonds. The predicted molar refractivity (Wildman–Crippen MR) is 55.8 cm³/mol. The molecule has 4 nitrogen and oxygen atoms in total. The first kappa shape index (κ1) is 10.4. The van der Waals surface area contributed by atoms with Crippen LogP contribution in [0.5, 0.6) is 0 Å². The van der Waals surface area contributed by atoms with E-state index in [4.69, 9.17) is 4.74 Å². The van der Waals surface area contributed by atoms with Crippen LogP contribution < -0.4 is 0 Å². The Hall–Kier alpha value is -1.16. The Balaban J connectivity index is 2.32. The van der Waals surface area contributed by atoms with E-state index in [0.717, 1.165) is 31.6 Å². The van der Waals surface area contributed by atoms with Gasteiger partial charge in [-0.2, -0.15) is 5.10 Å². The Kier molecular flexibility index (Phi) is 2.86. The van der Waals surface area contributed by atoms with Gasteiger partial charge in [0.05, 0.1) is 23.6 Å². The van der Waals surface area contributed by atoms with Gasteiger partial charge in [-0.05, 0) is 26.2 Å². The van der Waals surface area contributed by atoms with Gasteiger partial charge in [-0.1, -0.05) is 0 Å². The molecule has 1 fully saturated rings. The number of hydrogen-bond acceptors (Lipinski definition) is 3. The molecule has 2 rings (SSSR count). The number of Topliss-reactive ketones (excluding diaryl/α,β-unsaturated/α-hetero) is 1. The van der Waals surface area contributed by atoms with E-state index in [2.05, 4.69) is 5.10 Å². The van der Waals surface area contributed by atoms with Crippen molar-refractivity contribution < 1.29 is 9.53 Å². The molecular formula is C11H16N2O2. The van der Waals surface area contributed by atoms with Crippen molar-refractivity contribution in [3.63, 3.8) is 0 Å². The standard InChI is InChI=1S/C11H16N2O2/c1-8(14)9-7-12-13(2)11(9)10-5-3-4-6-15-10/h7,10H,3-6H2,1-2H3. The van der Waals surface area contributed by atoms with Gasteiger partial charge >= 0.3 is 0 Å². The number of rotatable bonds is 2. The van der Waals surface area contributed by atoms with Gasteiger partial charge in [0.15, 0.2) is 5.78 Å².